The molecule has 0 saturated carbocycles. The molecule has 0 aliphatic carbocycles. The molecule has 2 heterocycles. The van der Waals surface area contributed by atoms with Crippen molar-refractivity contribution in [1.82, 2.24) is 4.90 Å². The number of furan rings is 1. The number of primary amides is 1. The minimum absolute atomic E-state index is 0.0361. The van der Waals surface area contributed by atoms with Gasteiger partial charge in [0.15, 0.2) is 0 Å². The Kier molecular flexibility index (Phi) is 5.25. The Morgan fingerprint density at radius 2 is 1.76 bits per heavy atom. The van der Waals surface area contributed by atoms with E-state index in [9.17, 15) is 9.59 Å². The Labute approximate surface area is 192 Å². The molecule has 2 N–H and O–H groups in total. The van der Waals surface area contributed by atoms with Gasteiger partial charge in [0.1, 0.15) is 11.3 Å². The van der Waals surface area contributed by atoms with Crippen molar-refractivity contribution in [3.8, 4) is 11.1 Å². The molecule has 3 aromatic carbocycles. The van der Waals surface area contributed by atoms with E-state index in [0.29, 0.717) is 23.1 Å². The third-order valence-corrected chi connectivity index (χ3v) is 6.70. The number of aryl methyl sites for hydroxylation is 2. The van der Waals surface area contributed by atoms with Crippen molar-refractivity contribution in [2.45, 2.75) is 32.7 Å². The van der Waals surface area contributed by atoms with Crippen LogP contribution in [0.5, 0.6) is 0 Å². The first-order valence-corrected chi connectivity index (χ1v) is 11.2. The summed E-state index contributed by atoms with van der Waals surface area (Å²) in [5, 5.41) is 0.720. The van der Waals surface area contributed by atoms with E-state index in [0.717, 1.165) is 35.2 Å². The molecule has 0 radical (unpaired) electrons. The third-order valence-electron chi connectivity index (χ3n) is 6.70. The molecule has 33 heavy (non-hydrogen) atoms. The Balaban J connectivity index is 1.40. The number of likely N-dealkylation sites (tertiary alicyclic amines) is 1. The minimum atomic E-state index is -0.476. The molecule has 166 valence electrons. The van der Waals surface area contributed by atoms with Gasteiger partial charge in [0.25, 0.3) is 5.91 Å². The lowest BCUT2D eigenvalue weighted by Crippen LogP contribution is -2.52. The standard InChI is InChI=1S/C28H26N2O3/c1-17-10-11-19(14-18(17)2)22-6-3-4-7-24(22)28(32)30-13-12-20(30)15-21-16-25-23(27(29)31)8-5-9-26(25)33-21/h3-11,14,16,20H,12-13,15H2,1-2H3,(H2,29,31). The second-order valence-corrected chi connectivity index (χ2v) is 8.78. The number of nitrogens with two attached hydrogens (primary N) is 1. The van der Waals surface area contributed by atoms with Crippen LogP contribution in [-0.2, 0) is 6.42 Å². The predicted octanol–water partition coefficient (Wildman–Crippen LogP) is 5.27. The SMILES string of the molecule is Cc1ccc(-c2ccccc2C(=O)N2CCC2Cc2cc3c(C(N)=O)cccc3o2)cc1C. The van der Waals surface area contributed by atoms with E-state index in [2.05, 4.69) is 32.0 Å². The van der Waals surface area contributed by atoms with E-state index >= 15 is 0 Å². The predicted molar refractivity (Wildman–Crippen MR) is 129 cm³/mol. The zero-order chi connectivity index (χ0) is 23.1. The first-order chi connectivity index (χ1) is 15.9. The van der Waals surface area contributed by atoms with Gasteiger partial charge in [0.2, 0.25) is 5.91 Å². The van der Waals surface area contributed by atoms with Crippen LogP contribution in [0.25, 0.3) is 22.1 Å². The highest BCUT2D eigenvalue weighted by molar-refractivity contribution is 6.05. The molecule has 1 saturated heterocycles. The number of benzene rings is 3. The highest BCUT2D eigenvalue weighted by Crippen LogP contribution is 2.32. The van der Waals surface area contributed by atoms with Gasteiger partial charge in [-0.2, -0.15) is 0 Å². The average molecular weight is 439 g/mol. The fourth-order valence-electron chi connectivity index (χ4n) is 4.57. The molecule has 4 aromatic rings. The van der Waals surface area contributed by atoms with Crippen molar-refractivity contribution < 1.29 is 14.0 Å². The largest absolute Gasteiger partial charge is 0.461 e. The topological polar surface area (TPSA) is 76.5 Å². The van der Waals surface area contributed by atoms with E-state index in [1.807, 2.05) is 41.3 Å². The fourth-order valence-corrected chi connectivity index (χ4v) is 4.57. The van der Waals surface area contributed by atoms with E-state index < -0.39 is 5.91 Å². The monoisotopic (exact) mass is 438 g/mol. The summed E-state index contributed by atoms with van der Waals surface area (Å²) in [6, 6.07) is 21.3. The molecular weight excluding hydrogens is 412 g/mol. The van der Waals surface area contributed by atoms with Crippen LogP contribution in [-0.4, -0.2) is 29.3 Å². The number of fused-ring (bicyclic) bond motifs is 1. The maximum atomic E-state index is 13.5. The van der Waals surface area contributed by atoms with Crippen molar-refractivity contribution >= 4 is 22.8 Å². The molecule has 1 atom stereocenters. The number of hydrogen-bond donors (Lipinski definition) is 1. The highest BCUT2D eigenvalue weighted by atomic mass is 16.3. The molecule has 1 aromatic heterocycles. The molecule has 5 rings (SSSR count). The molecule has 5 nitrogen and oxygen atoms in total. The number of nitrogens with zero attached hydrogens (tertiary/aromatic N) is 1. The summed E-state index contributed by atoms with van der Waals surface area (Å²) < 4.78 is 5.97. The van der Waals surface area contributed by atoms with Gasteiger partial charge in [-0.05, 0) is 66.8 Å². The molecule has 1 fully saturated rings. The van der Waals surface area contributed by atoms with Gasteiger partial charge in [0.05, 0.1) is 5.56 Å². The van der Waals surface area contributed by atoms with Crippen LogP contribution in [0.2, 0.25) is 0 Å². The average Bonchev–Trinajstić information content (AvgIpc) is 3.21. The van der Waals surface area contributed by atoms with Crippen LogP contribution in [0.4, 0.5) is 0 Å². The smallest absolute Gasteiger partial charge is 0.254 e. The quantitative estimate of drug-likeness (QED) is 0.461. The number of carbonyl (C=O) groups is 2. The Morgan fingerprint density at radius 1 is 0.970 bits per heavy atom. The van der Waals surface area contributed by atoms with Crippen molar-refractivity contribution in [3.63, 3.8) is 0 Å². The van der Waals surface area contributed by atoms with Gasteiger partial charge in [0, 0.05) is 30.0 Å². The van der Waals surface area contributed by atoms with Crippen molar-refractivity contribution in [1.29, 1.82) is 0 Å². The molecule has 5 heteroatoms. The second kappa shape index (κ2) is 8.24. The molecule has 1 aliphatic heterocycles. The van der Waals surface area contributed by atoms with Crippen LogP contribution in [0, 0.1) is 13.8 Å². The summed E-state index contributed by atoms with van der Waals surface area (Å²) in [5.41, 5.74) is 11.7. The van der Waals surface area contributed by atoms with Gasteiger partial charge >= 0.3 is 0 Å². The van der Waals surface area contributed by atoms with Crippen LogP contribution in [0.15, 0.2) is 71.1 Å². The summed E-state index contributed by atoms with van der Waals surface area (Å²) in [4.78, 5) is 27.2. The Morgan fingerprint density at radius 3 is 2.48 bits per heavy atom. The molecule has 1 unspecified atom stereocenters. The molecule has 1 aliphatic rings. The Hall–Kier alpha value is -3.86. The van der Waals surface area contributed by atoms with Crippen molar-refractivity contribution in [3.05, 3.63) is 94.7 Å². The van der Waals surface area contributed by atoms with Gasteiger partial charge in [-0.1, -0.05) is 42.5 Å². The number of hydrogen-bond acceptors (Lipinski definition) is 3. The lowest BCUT2D eigenvalue weighted by Gasteiger charge is -2.41. The summed E-state index contributed by atoms with van der Waals surface area (Å²) in [6.45, 7) is 4.90. The first-order valence-electron chi connectivity index (χ1n) is 11.2. The first kappa shape index (κ1) is 21.0. The minimum Gasteiger partial charge on any atom is -0.461 e. The summed E-state index contributed by atoms with van der Waals surface area (Å²) >= 11 is 0. The lowest BCUT2D eigenvalue weighted by molar-refractivity contribution is 0.0456. The maximum Gasteiger partial charge on any atom is 0.254 e. The highest BCUT2D eigenvalue weighted by Gasteiger charge is 2.34. The van der Waals surface area contributed by atoms with Crippen molar-refractivity contribution in [2.24, 2.45) is 5.73 Å². The van der Waals surface area contributed by atoms with Gasteiger partial charge in [-0.15, -0.1) is 0 Å². The number of rotatable bonds is 5. The van der Waals surface area contributed by atoms with Gasteiger partial charge in [-0.3, -0.25) is 9.59 Å². The fraction of sp³-hybridized carbons (Fsp3) is 0.214. The van der Waals surface area contributed by atoms with E-state index in [4.69, 9.17) is 10.2 Å². The summed E-state index contributed by atoms with van der Waals surface area (Å²) in [7, 11) is 0. The molecular formula is C28H26N2O3. The Bertz CT molecular complexity index is 1390. The normalized spacial score (nSPS) is 15.5. The number of carbonyl (C=O) groups excluding carboxylic acids is 2. The van der Waals surface area contributed by atoms with Crippen LogP contribution in [0.1, 0.15) is 44.0 Å². The zero-order valence-electron chi connectivity index (χ0n) is 18.8. The van der Waals surface area contributed by atoms with Crippen LogP contribution in [0.3, 0.4) is 0 Å². The maximum absolute atomic E-state index is 13.5. The second-order valence-electron chi connectivity index (χ2n) is 8.78. The molecule has 2 amide bonds. The van der Waals surface area contributed by atoms with Crippen molar-refractivity contribution in [2.75, 3.05) is 6.54 Å². The van der Waals surface area contributed by atoms with Crippen LogP contribution >= 0.6 is 0 Å². The van der Waals surface area contributed by atoms with E-state index in [1.54, 1.807) is 12.1 Å². The molecule has 0 spiro atoms. The van der Waals surface area contributed by atoms with Crippen LogP contribution < -0.4 is 5.73 Å². The third kappa shape index (κ3) is 3.80. The summed E-state index contributed by atoms with van der Waals surface area (Å²) in [5.74, 6) is 0.314. The van der Waals surface area contributed by atoms with E-state index in [-0.39, 0.29) is 11.9 Å². The van der Waals surface area contributed by atoms with Gasteiger partial charge in [-0.25, -0.2) is 0 Å². The van der Waals surface area contributed by atoms with E-state index in [1.165, 1.54) is 11.1 Å². The summed E-state index contributed by atoms with van der Waals surface area (Å²) in [6.07, 6.45) is 1.52. The van der Waals surface area contributed by atoms with Gasteiger partial charge < -0.3 is 15.1 Å². The number of amides is 2. The zero-order valence-corrected chi connectivity index (χ0v) is 18.8. The molecule has 0 bridgehead atoms. The lowest BCUT2D eigenvalue weighted by atomic mass is 9.92.